The molecule has 1 aliphatic carbocycles. The van der Waals surface area contributed by atoms with E-state index < -0.39 is 0 Å². The zero-order chi connectivity index (χ0) is 14.4. The second kappa shape index (κ2) is 4.88. The molecule has 2 unspecified atom stereocenters. The van der Waals surface area contributed by atoms with Gasteiger partial charge in [0.1, 0.15) is 11.9 Å². The van der Waals surface area contributed by atoms with Crippen molar-refractivity contribution >= 4 is 0 Å². The fourth-order valence-corrected chi connectivity index (χ4v) is 3.26. The first-order valence-electron chi connectivity index (χ1n) is 7.83. The molecule has 21 heavy (non-hydrogen) atoms. The molecule has 0 amide bonds. The Labute approximate surface area is 125 Å². The van der Waals surface area contributed by atoms with Gasteiger partial charge in [0.05, 0.1) is 0 Å². The molecule has 2 aromatic rings. The zero-order valence-electron chi connectivity index (χ0n) is 12.4. The van der Waals surface area contributed by atoms with Crippen molar-refractivity contribution in [3.05, 3.63) is 64.7 Å². The molecule has 2 atom stereocenters. The number of fused-ring (bicyclic) bond motifs is 1. The quantitative estimate of drug-likeness (QED) is 0.884. The average molecular weight is 279 g/mol. The maximum Gasteiger partial charge on any atom is 0.126 e. The summed E-state index contributed by atoms with van der Waals surface area (Å²) in [5.41, 5.74) is 11.5. The molecule has 0 spiro atoms. The van der Waals surface area contributed by atoms with Gasteiger partial charge in [-0.15, -0.1) is 0 Å². The lowest BCUT2D eigenvalue weighted by Gasteiger charge is -2.31. The molecule has 2 aromatic carbocycles. The van der Waals surface area contributed by atoms with Crippen molar-refractivity contribution in [2.24, 2.45) is 5.73 Å². The van der Waals surface area contributed by atoms with E-state index in [4.69, 9.17) is 10.5 Å². The lowest BCUT2D eigenvalue weighted by atomic mass is 9.92. The van der Waals surface area contributed by atoms with Gasteiger partial charge >= 0.3 is 0 Å². The van der Waals surface area contributed by atoms with Gasteiger partial charge in [0.25, 0.3) is 0 Å². The largest absolute Gasteiger partial charge is 0.485 e. The van der Waals surface area contributed by atoms with Crippen molar-refractivity contribution in [1.82, 2.24) is 0 Å². The number of rotatable bonds is 2. The highest BCUT2D eigenvalue weighted by molar-refractivity contribution is 5.42. The Bertz CT molecular complexity index is 675. The van der Waals surface area contributed by atoms with Crippen molar-refractivity contribution in [3.63, 3.8) is 0 Å². The topological polar surface area (TPSA) is 35.2 Å². The Morgan fingerprint density at radius 2 is 1.86 bits per heavy atom. The number of benzene rings is 2. The standard InChI is InChI=1S/C19H21NO/c1-12-5-8-18-16(9-12)17(20)11-19(21-18)15-4-2-3-14(10-15)13-6-7-13/h2-5,8-10,13,17,19H,6-7,11,20H2,1H3. The van der Waals surface area contributed by atoms with Crippen LogP contribution in [0.25, 0.3) is 0 Å². The maximum atomic E-state index is 6.37. The molecule has 0 bridgehead atoms. The summed E-state index contributed by atoms with van der Waals surface area (Å²) in [6.07, 6.45) is 3.59. The molecule has 0 saturated heterocycles. The summed E-state index contributed by atoms with van der Waals surface area (Å²) in [5.74, 6) is 1.72. The van der Waals surface area contributed by atoms with Gasteiger partial charge in [0.2, 0.25) is 0 Å². The van der Waals surface area contributed by atoms with Crippen LogP contribution in [-0.4, -0.2) is 0 Å². The number of hydrogen-bond acceptors (Lipinski definition) is 2. The maximum absolute atomic E-state index is 6.37. The predicted octanol–water partition coefficient (Wildman–Crippen LogP) is 4.40. The Morgan fingerprint density at radius 3 is 2.67 bits per heavy atom. The lowest BCUT2D eigenvalue weighted by Crippen LogP contribution is -2.24. The smallest absolute Gasteiger partial charge is 0.126 e. The van der Waals surface area contributed by atoms with E-state index >= 15 is 0 Å². The van der Waals surface area contributed by atoms with Crippen molar-refractivity contribution in [2.75, 3.05) is 0 Å². The van der Waals surface area contributed by atoms with Crippen LogP contribution in [0.1, 0.15) is 59.6 Å². The van der Waals surface area contributed by atoms with Crippen LogP contribution in [0.5, 0.6) is 5.75 Å². The van der Waals surface area contributed by atoms with Gasteiger partial charge in [0.15, 0.2) is 0 Å². The van der Waals surface area contributed by atoms with Crippen LogP contribution in [0.2, 0.25) is 0 Å². The van der Waals surface area contributed by atoms with Crippen LogP contribution in [0, 0.1) is 6.92 Å². The molecule has 0 aromatic heterocycles. The summed E-state index contributed by atoms with van der Waals surface area (Å²) in [7, 11) is 0. The molecule has 2 aliphatic rings. The van der Waals surface area contributed by atoms with E-state index in [9.17, 15) is 0 Å². The Balaban J connectivity index is 1.65. The second-order valence-corrected chi connectivity index (χ2v) is 6.43. The van der Waals surface area contributed by atoms with Gasteiger partial charge in [-0.1, -0.05) is 42.0 Å². The van der Waals surface area contributed by atoms with Crippen LogP contribution in [0.3, 0.4) is 0 Å². The van der Waals surface area contributed by atoms with E-state index in [1.165, 1.54) is 29.5 Å². The number of hydrogen-bond donors (Lipinski definition) is 1. The summed E-state index contributed by atoms with van der Waals surface area (Å²) in [5, 5.41) is 0. The second-order valence-electron chi connectivity index (χ2n) is 6.43. The van der Waals surface area contributed by atoms with Gasteiger partial charge < -0.3 is 10.5 Å². The summed E-state index contributed by atoms with van der Waals surface area (Å²) in [6.45, 7) is 2.10. The van der Waals surface area contributed by atoms with Gasteiger partial charge in [-0.05, 0) is 42.9 Å². The Kier molecular flexibility index (Phi) is 3.00. The molecule has 1 fully saturated rings. The van der Waals surface area contributed by atoms with Crippen LogP contribution in [0.15, 0.2) is 42.5 Å². The first kappa shape index (κ1) is 12.9. The number of nitrogens with two attached hydrogens (primary N) is 1. The molecule has 2 heteroatoms. The van der Waals surface area contributed by atoms with Crippen LogP contribution < -0.4 is 10.5 Å². The average Bonchev–Trinajstić information content (AvgIpc) is 3.33. The minimum atomic E-state index is 0.0585. The van der Waals surface area contributed by atoms with E-state index in [0.717, 1.165) is 23.7 Å². The summed E-state index contributed by atoms with van der Waals surface area (Å²) >= 11 is 0. The summed E-state index contributed by atoms with van der Waals surface area (Å²) < 4.78 is 6.22. The first-order chi connectivity index (χ1) is 10.2. The van der Waals surface area contributed by atoms with Crippen LogP contribution in [0.4, 0.5) is 0 Å². The minimum Gasteiger partial charge on any atom is -0.485 e. The number of ether oxygens (including phenoxy) is 1. The van der Waals surface area contributed by atoms with Gasteiger partial charge in [-0.25, -0.2) is 0 Å². The third kappa shape index (κ3) is 2.44. The van der Waals surface area contributed by atoms with Gasteiger partial charge in [0, 0.05) is 18.0 Å². The summed E-state index contributed by atoms with van der Waals surface area (Å²) in [6, 6.07) is 15.2. The summed E-state index contributed by atoms with van der Waals surface area (Å²) in [4.78, 5) is 0. The Morgan fingerprint density at radius 1 is 1.05 bits per heavy atom. The third-order valence-corrected chi connectivity index (χ3v) is 4.63. The minimum absolute atomic E-state index is 0.0585. The molecule has 2 N–H and O–H groups in total. The van der Waals surface area contributed by atoms with Crippen molar-refractivity contribution in [2.45, 2.75) is 44.2 Å². The lowest BCUT2D eigenvalue weighted by molar-refractivity contribution is 0.161. The van der Waals surface area contributed by atoms with Gasteiger partial charge in [-0.2, -0.15) is 0 Å². The molecule has 0 radical (unpaired) electrons. The van der Waals surface area contributed by atoms with Crippen molar-refractivity contribution in [3.8, 4) is 5.75 Å². The zero-order valence-corrected chi connectivity index (χ0v) is 12.4. The Hall–Kier alpha value is -1.80. The van der Waals surface area contributed by atoms with Crippen molar-refractivity contribution < 1.29 is 4.74 Å². The van der Waals surface area contributed by atoms with Crippen molar-refractivity contribution in [1.29, 1.82) is 0 Å². The highest BCUT2D eigenvalue weighted by Gasteiger charge is 2.29. The predicted molar refractivity (Wildman–Crippen MR) is 84.5 cm³/mol. The first-order valence-corrected chi connectivity index (χ1v) is 7.83. The fourth-order valence-electron chi connectivity index (χ4n) is 3.26. The van der Waals surface area contributed by atoms with Gasteiger partial charge in [-0.3, -0.25) is 0 Å². The van der Waals surface area contributed by atoms with E-state index in [-0.39, 0.29) is 12.1 Å². The molecule has 4 rings (SSSR count). The molecule has 1 saturated carbocycles. The van der Waals surface area contributed by atoms with Crippen LogP contribution >= 0.6 is 0 Å². The number of aryl methyl sites for hydroxylation is 1. The third-order valence-electron chi connectivity index (χ3n) is 4.63. The molecule has 2 nitrogen and oxygen atoms in total. The highest BCUT2D eigenvalue weighted by Crippen LogP contribution is 2.43. The molecule has 108 valence electrons. The monoisotopic (exact) mass is 279 g/mol. The molecular weight excluding hydrogens is 258 g/mol. The fraction of sp³-hybridized carbons (Fsp3) is 0.368. The highest BCUT2D eigenvalue weighted by atomic mass is 16.5. The normalized spacial score (nSPS) is 24.3. The van der Waals surface area contributed by atoms with E-state index in [2.05, 4.69) is 49.4 Å². The molecule has 1 heterocycles. The van der Waals surface area contributed by atoms with Crippen LogP contribution in [-0.2, 0) is 0 Å². The SMILES string of the molecule is Cc1ccc2c(c1)C(N)CC(c1cccc(C3CC3)c1)O2. The van der Waals surface area contributed by atoms with E-state index in [1.54, 1.807) is 0 Å². The molecular formula is C19H21NO. The van der Waals surface area contributed by atoms with E-state index in [0.29, 0.717) is 0 Å². The molecule has 1 aliphatic heterocycles. The van der Waals surface area contributed by atoms with E-state index in [1.807, 2.05) is 0 Å².